The van der Waals surface area contributed by atoms with E-state index in [4.69, 9.17) is 14.2 Å². The molecule has 438 valence electrons. The van der Waals surface area contributed by atoms with Crippen LogP contribution in [0.2, 0.25) is 0 Å². The molecule has 0 aromatic heterocycles. The van der Waals surface area contributed by atoms with Gasteiger partial charge >= 0.3 is 17.9 Å². The average Bonchev–Trinajstić information content (AvgIpc) is 3.43. The van der Waals surface area contributed by atoms with Crippen LogP contribution in [0.1, 0.15) is 290 Å². The molecule has 0 radical (unpaired) electrons. The first-order chi connectivity index (χ1) is 38.0. The standard InChI is InChI=1S/C71H118O6/c1-4-7-10-13-16-19-22-25-28-31-33-34-35-36-38-40-43-46-49-52-55-58-61-64-70(73)76-67-68(66-75-69(72)63-60-57-54-51-48-45-42-39-30-27-24-21-18-15-12-9-6-3)77-71(74)65-62-59-56-53-50-47-44-41-37-32-29-26-23-20-17-14-11-8-5-2/h7,10,16,18-19,21,25-30,33-34,36,38,43,46,52,55,68H,4-6,8-9,11-15,17,20,22-24,31-32,35,37,39-42,44-45,47-51,53-54,56-67H2,1-3H3/b10-7-,19-16-,21-18-,28-25-,29-26-,30-27-,34-33-,38-36-,46-43-,55-52-. The molecule has 0 saturated heterocycles. The minimum Gasteiger partial charge on any atom is -0.462 e. The van der Waals surface area contributed by atoms with Crippen LogP contribution in [0.3, 0.4) is 0 Å². The summed E-state index contributed by atoms with van der Waals surface area (Å²) >= 11 is 0. The number of carbonyl (C=O) groups excluding carboxylic acids is 3. The molecule has 6 nitrogen and oxygen atoms in total. The molecular formula is C71H118O6. The maximum absolute atomic E-state index is 12.9. The normalized spacial score (nSPS) is 12.9. The zero-order chi connectivity index (χ0) is 55.7. The number of esters is 3. The summed E-state index contributed by atoms with van der Waals surface area (Å²) < 4.78 is 16.9. The van der Waals surface area contributed by atoms with Gasteiger partial charge in [0.2, 0.25) is 0 Å². The van der Waals surface area contributed by atoms with Crippen LogP contribution >= 0.6 is 0 Å². The van der Waals surface area contributed by atoms with Gasteiger partial charge in [0.05, 0.1) is 0 Å². The summed E-state index contributed by atoms with van der Waals surface area (Å²) in [5.74, 6) is -0.969. The van der Waals surface area contributed by atoms with E-state index in [9.17, 15) is 14.4 Å². The third kappa shape index (κ3) is 62.5. The highest BCUT2D eigenvalue weighted by Crippen LogP contribution is 2.15. The van der Waals surface area contributed by atoms with E-state index >= 15 is 0 Å². The maximum Gasteiger partial charge on any atom is 0.306 e. The SMILES string of the molecule is CC/C=C\C/C=C\C/C=C\C/C=C\C/C=C\C/C=C\C/C=C\CCCC(=O)OCC(COC(=O)CCCCCCCCC/C=C\C/C=C\CCCCC)OC(=O)CCCCCCCCCCC/C=C\CCCCCCCC. The monoisotopic (exact) mass is 1070 g/mol. The third-order valence-corrected chi connectivity index (χ3v) is 13.4. The summed E-state index contributed by atoms with van der Waals surface area (Å²) in [5.41, 5.74) is 0. The molecule has 0 aliphatic rings. The molecule has 0 heterocycles. The predicted molar refractivity (Wildman–Crippen MR) is 334 cm³/mol. The molecule has 1 atom stereocenters. The molecule has 0 aliphatic carbocycles. The Morgan fingerprint density at radius 1 is 0.273 bits per heavy atom. The van der Waals surface area contributed by atoms with Crippen molar-refractivity contribution in [1.82, 2.24) is 0 Å². The summed E-state index contributed by atoms with van der Waals surface area (Å²) in [4.78, 5) is 38.3. The molecule has 0 fully saturated rings. The van der Waals surface area contributed by atoms with E-state index in [1.807, 2.05) is 0 Å². The molecular weight excluding hydrogens is 949 g/mol. The number of hydrogen-bond donors (Lipinski definition) is 0. The lowest BCUT2D eigenvalue weighted by Crippen LogP contribution is -2.30. The van der Waals surface area contributed by atoms with Gasteiger partial charge in [-0.05, 0) is 128 Å². The minimum absolute atomic E-state index is 0.103. The Labute approximate surface area is 475 Å². The van der Waals surface area contributed by atoms with Gasteiger partial charge in [0.15, 0.2) is 6.10 Å². The molecule has 6 heteroatoms. The fourth-order valence-electron chi connectivity index (χ4n) is 8.63. The lowest BCUT2D eigenvalue weighted by atomic mass is 10.1. The quantitative estimate of drug-likeness (QED) is 0.0261. The van der Waals surface area contributed by atoms with Gasteiger partial charge in [-0.15, -0.1) is 0 Å². The van der Waals surface area contributed by atoms with Crippen molar-refractivity contribution in [3.05, 3.63) is 122 Å². The first-order valence-corrected chi connectivity index (χ1v) is 32.0. The second-order valence-corrected chi connectivity index (χ2v) is 20.9. The molecule has 0 aromatic carbocycles. The topological polar surface area (TPSA) is 78.9 Å². The van der Waals surface area contributed by atoms with Crippen molar-refractivity contribution >= 4 is 17.9 Å². The number of ether oxygens (including phenoxy) is 3. The van der Waals surface area contributed by atoms with Crippen LogP contribution in [-0.2, 0) is 28.6 Å². The van der Waals surface area contributed by atoms with Crippen molar-refractivity contribution in [2.75, 3.05) is 13.2 Å². The number of allylic oxidation sites excluding steroid dienone is 20. The summed E-state index contributed by atoms with van der Waals surface area (Å²) in [7, 11) is 0. The molecule has 0 saturated carbocycles. The fourth-order valence-corrected chi connectivity index (χ4v) is 8.63. The summed E-state index contributed by atoms with van der Waals surface area (Å²) in [6.45, 7) is 6.46. The van der Waals surface area contributed by atoms with Gasteiger partial charge in [0, 0.05) is 19.3 Å². The van der Waals surface area contributed by atoms with E-state index in [0.29, 0.717) is 19.3 Å². The van der Waals surface area contributed by atoms with E-state index in [-0.39, 0.29) is 37.5 Å². The molecule has 0 N–H and O–H groups in total. The van der Waals surface area contributed by atoms with Crippen LogP contribution in [0.15, 0.2) is 122 Å². The van der Waals surface area contributed by atoms with Gasteiger partial charge in [-0.1, -0.05) is 264 Å². The van der Waals surface area contributed by atoms with Crippen molar-refractivity contribution in [2.24, 2.45) is 0 Å². The number of hydrogen-bond acceptors (Lipinski definition) is 6. The lowest BCUT2D eigenvalue weighted by Gasteiger charge is -2.18. The number of unbranched alkanes of at least 4 members (excludes halogenated alkanes) is 26. The van der Waals surface area contributed by atoms with Crippen molar-refractivity contribution in [1.29, 1.82) is 0 Å². The molecule has 0 amide bonds. The zero-order valence-electron chi connectivity index (χ0n) is 50.2. The van der Waals surface area contributed by atoms with E-state index in [1.54, 1.807) is 0 Å². The molecule has 0 rings (SSSR count). The van der Waals surface area contributed by atoms with Crippen LogP contribution < -0.4 is 0 Å². The first-order valence-electron chi connectivity index (χ1n) is 32.0. The summed E-state index contributed by atoms with van der Waals surface area (Å²) in [6.07, 6.45) is 89.1. The van der Waals surface area contributed by atoms with Crippen molar-refractivity contribution in [2.45, 2.75) is 297 Å². The second-order valence-electron chi connectivity index (χ2n) is 20.9. The molecule has 77 heavy (non-hydrogen) atoms. The average molecular weight is 1070 g/mol. The Kier molecular flexibility index (Phi) is 60.8. The molecule has 0 bridgehead atoms. The van der Waals surface area contributed by atoms with Crippen LogP contribution in [0.4, 0.5) is 0 Å². The minimum atomic E-state index is -0.811. The zero-order valence-corrected chi connectivity index (χ0v) is 50.2. The van der Waals surface area contributed by atoms with E-state index in [2.05, 4.69) is 142 Å². The highest BCUT2D eigenvalue weighted by Gasteiger charge is 2.19. The fraction of sp³-hybridized carbons (Fsp3) is 0.676. The smallest absolute Gasteiger partial charge is 0.306 e. The summed E-state index contributed by atoms with van der Waals surface area (Å²) in [5, 5.41) is 0. The Morgan fingerprint density at radius 3 is 0.883 bits per heavy atom. The van der Waals surface area contributed by atoms with Crippen molar-refractivity contribution < 1.29 is 28.6 Å². The summed E-state index contributed by atoms with van der Waals surface area (Å²) in [6, 6.07) is 0. The van der Waals surface area contributed by atoms with Crippen LogP contribution in [0, 0.1) is 0 Å². The molecule has 1 unspecified atom stereocenters. The first kappa shape index (κ1) is 72.8. The highest BCUT2D eigenvalue weighted by atomic mass is 16.6. The number of carbonyl (C=O) groups is 3. The highest BCUT2D eigenvalue weighted by molar-refractivity contribution is 5.71. The van der Waals surface area contributed by atoms with Crippen LogP contribution in [-0.4, -0.2) is 37.2 Å². The Hall–Kier alpha value is -4.19. The lowest BCUT2D eigenvalue weighted by molar-refractivity contribution is -0.167. The Balaban J connectivity index is 4.50. The predicted octanol–water partition coefficient (Wildman–Crippen LogP) is 22.0. The third-order valence-electron chi connectivity index (χ3n) is 13.4. The van der Waals surface area contributed by atoms with Gasteiger partial charge in [0.25, 0.3) is 0 Å². The van der Waals surface area contributed by atoms with Gasteiger partial charge < -0.3 is 14.2 Å². The van der Waals surface area contributed by atoms with Gasteiger partial charge in [-0.3, -0.25) is 14.4 Å². The van der Waals surface area contributed by atoms with Crippen LogP contribution in [0.5, 0.6) is 0 Å². The Bertz CT molecular complexity index is 1600. The largest absolute Gasteiger partial charge is 0.462 e. The van der Waals surface area contributed by atoms with E-state index in [1.165, 1.54) is 141 Å². The molecule has 0 aliphatic heterocycles. The van der Waals surface area contributed by atoms with Crippen molar-refractivity contribution in [3.8, 4) is 0 Å². The van der Waals surface area contributed by atoms with Crippen molar-refractivity contribution in [3.63, 3.8) is 0 Å². The van der Waals surface area contributed by atoms with Crippen LogP contribution in [0.25, 0.3) is 0 Å². The second kappa shape index (κ2) is 64.3. The molecule has 0 aromatic rings. The van der Waals surface area contributed by atoms with Gasteiger partial charge in [-0.25, -0.2) is 0 Å². The Morgan fingerprint density at radius 2 is 0.519 bits per heavy atom. The van der Waals surface area contributed by atoms with E-state index < -0.39 is 6.10 Å². The number of rotatable bonds is 57. The maximum atomic E-state index is 12.9. The van der Waals surface area contributed by atoms with Gasteiger partial charge in [-0.2, -0.15) is 0 Å². The van der Waals surface area contributed by atoms with Gasteiger partial charge in [0.1, 0.15) is 13.2 Å². The molecule has 0 spiro atoms. The van der Waals surface area contributed by atoms with E-state index in [0.717, 1.165) is 103 Å².